The Balaban J connectivity index is 4.82. The minimum absolute atomic E-state index is 0.0749. The summed E-state index contributed by atoms with van der Waals surface area (Å²) >= 11 is 1.63. The first-order valence-corrected chi connectivity index (χ1v) is 6.83. The minimum atomic E-state index is -0.598. The molecule has 5 nitrogen and oxygen atoms in total. The van der Waals surface area contributed by atoms with Crippen molar-refractivity contribution < 1.29 is 14.7 Å². The number of carbonyl (C=O) groups is 1. The number of nitrogens with one attached hydrogen (secondary N) is 1. The molecular formula is C11H22N2O3S. The van der Waals surface area contributed by atoms with Crippen molar-refractivity contribution in [3.8, 4) is 0 Å². The van der Waals surface area contributed by atoms with Crippen LogP contribution in [0.1, 0.15) is 20.8 Å². The van der Waals surface area contributed by atoms with E-state index in [9.17, 15) is 4.79 Å². The third-order valence-electron chi connectivity index (χ3n) is 2.26. The zero-order chi connectivity index (χ0) is 13.5. The molecule has 0 saturated carbocycles. The van der Waals surface area contributed by atoms with Crippen molar-refractivity contribution in [2.75, 3.05) is 25.7 Å². The van der Waals surface area contributed by atoms with Crippen LogP contribution < -0.4 is 5.32 Å². The Morgan fingerprint density at radius 1 is 1.53 bits per heavy atom. The molecular weight excluding hydrogens is 240 g/mol. The zero-order valence-corrected chi connectivity index (χ0v) is 11.9. The van der Waals surface area contributed by atoms with E-state index in [4.69, 9.17) is 9.94 Å². The van der Waals surface area contributed by atoms with Crippen LogP contribution >= 0.6 is 11.8 Å². The van der Waals surface area contributed by atoms with Gasteiger partial charge in [-0.2, -0.15) is 11.8 Å². The van der Waals surface area contributed by atoms with Crippen molar-refractivity contribution in [1.82, 2.24) is 5.32 Å². The summed E-state index contributed by atoms with van der Waals surface area (Å²) in [5, 5.41) is 14.7. The number of thioether (sulfide) groups is 1. The molecule has 1 atom stereocenters. The van der Waals surface area contributed by atoms with Crippen LogP contribution in [-0.2, 0) is 9.53 Å². The van der Waals surface area contributed by atoms with Gasteiger partial charge in [0.25, 0.3) is 0 Å². The van der Waals surface area contributed by atoms with E-state index < -0.39 is 5.92 Å². The Labute approximate surface area is 107 Å². The molecule has 2 N–H and O–H groups in total. The summed E-state index contributed by atoms with van der Waals surface area (Å²) in [7, 11) is 1.55. The number of ether oxygens (including phenoxy) is 1. The molecule has 17 heavy (non-hydrogen) atoms. The van der Waals surface area contributed by atoms with Gasteiger partial charge < -0.3 is 15.3 Å². The maximum atomic E-state index is 11.8. The molecule has 0 fully saturated rings. The first-order valence-electron chi connectivity index (χ1n) is 5.43. The Bertz CT molecular complexity index is 274. The molecule has 0 radical (unpaired) electrons. The zero-order valence-electron chi connectivity index (χ0n) is 11.1. The van der Waals surface area contributed by atoms with E-state index in [1.165, 1.54) is 0 Å². The fourth-order valence-electron chi connectivity index (χ4n) is 1.42. The van der Waals surface area contributed by atoms with Gasteiger partial charge in [0.15, 0.2) is 0 Å². The maximum Gasteiger partial charge on any atom is 0.238 e. The highest BCUT2D eigenvalue weighted by Gasteiger charge is 2.37. The molecule has 0 aliphatic rings. The number of hydrogen-bond acceptors (Lipinski definition) is 5. The molecule has 0 aliphatic heterocycles. The fourth-order valence-corrected chi connectivity index (χ4v) is 1.67. The average Bonchev–Trinajstić information content (AvgIpc) is 2.25. The highest BCUT2D eigenvalue weighted by Crippen LogP contribution is 2.28. The summed E-state index contributed by atoms with van der Waals surface area (Å²) < 4.78 is 5.36. The third kappa shape index (κ3) is 5.30. The molecule has 100 valence electrons. The minimum Gasteiger partial charge on any atom is -0.477 e. The van der Waals surface area contributed by atoms with E-state index in [1.807, 2.05) is 27.0 Å². The maximum absolute atomic E-state index is 11.8. The van der Waals surface area contributed by atoms with Gasteiger partial charge in [0.05, 0.1) is 6.61 Å². The molecule has 1 amide bonds. The van der Waals surface area contributed by atoms with E-state index in [2.05, 4.69) is 10.5 Å². The lowest BCUT2D eigenvalue weighted by atomic mass is 9.80. The van der Waals surface area contributed by atoms with E-state index in [0.717, 1.165) is 5.75 Å². The van der Waals surface area contributed by atoms with E-state index in [1.54, 1.807) is 18.8 Å². The van der Waals surface area contributed by atoms with Crippen molar-refractivity contribution in [2.24, 2.45) is 16.5 Å². The van der Waals surface area contributed by atoms with Crippen molar-refractivity contribution in [3.05, 3.63) is 0 Å². The topological polar surface area (TPSA) is 70.9 Å². The smallest absolute Gasteiger partial charge is 0.238 e. The molecule has 6 heteroatoms. The summed E-state index contributed by atoms with van der Waals surface area (Å²) in [6.45, 7) is 6.12. The molecule has 0 saturated heterocycles. The van der Waals surface area contributed by atoms with Crippen LogP contribution in [0.4, 0.5) is 0 Å². The van der Waals surface area contributed by atoms with Crippen molar-refractivity contribution in [1.29, 1.82) is 0 Å². The summed E-state index contributed by atoms with van der Waals surface area (Å²) in [6, 6.07) is 0. The molecule has 0 aromatic carbocycles. The number of rotatable bonds is 5. The van der Waals surface area contributed by atoms with Gasteiger partial charge >= 0.3 is 0 Å². The van der Waals surface area contributed by atoms with Gasteiger partial charge in [-0.25, -0.2) is 0 Å². The highest BCUT2D eigenvalue weighted by molar-refractivity contribution is 7.98. The Hall–Kier alpha value is -0.910. The van der Waals surface area contributed by atoms with Crippen LogP contribution in [0.5, 0.6) is 0 Å². The number of amides is 1. The van der Waals surface area contributed by atoms with E-state index >= 15 is 0 Å². The molecule has 0 aliphatic carbocycles. The molecule has 0 aromatic rings. The average molecular weight is 262 g/mol. The van der Waals surface area contributed by atoms with Crippen LogP contribution in [0, 0.1) is 11.3 Å². The second-order valence-electron chi connectivity index (χ2n) is 4.69. The van der Waals surface area contributed by atoms with Crippen LogP contribution in [0.15, 0.2) is 5.16 Å². The lowest BCUT2D eigenvalue weighted by Crippen LogP contribution is -2.42. The predicted molar refractivity (Wildman–Crippen MR) is 70.6 cm³/mol. The lowest BCUT2D eigenvalue weighted by molar-refractivity contribution is -0.125. The monoisotopic (exact) mass is 262 g/mol. The summed E-state index contributed by atoms with van der Waals surface area (Å²) in [5.74, 6) is 0.0450. The standard InChI is InChI=1S/C11H22N2O3S/c1-11(2,3)8(9(14)12-4)10(13-15)16-6-7-17-5/h8,15H,6-7H2,1-5H3,(H,12,14). The first-order chi connectivity index (χ1) is 7.88. The normalized spacial score (nSPS) is 14.3. The van der Waals surface area contributed by atoms with Gasteiger partial charge in [0.2, 0.25) is 11.8 Å². The van der Waals surface area contributed by atoms with Crippen LogP contribution in [0.2, 0.25) is 0 Å². The Kier molecular flexibility index (Phi) is 7.03. The van der Waals surface area contributed by atoms with Gasteiger partial charge in [-0.3, -0.25) is 4.79 Å². The number of carbonyl (C=O) groups excluding carboxylic acids is 1. The van der Waals surface area contributed by atoms with Crippen molar-refractivity contribution in [3.63, 3.8) is 0 Å². The van der Waals surface area contributed by atoms with E-state index in [0.29, 0.717) is 6.61 Å². The molecule has 0 rings (SSSR count). The number of hydrogen-bond donors (Lipinski definition) is 2. The Morgan fingerprint density at radius 3 is 2.47 bits per heavy atom. The summed E-state index contributed by atoms with van der Waals surface area (Å²) in [6.07, 6.45) is 1.96. The first kappa shape index (κ1) is 16.1. The fraction of sp³-hybridized carbons (Fsp3) is 0.818. The molecule has 0 spiro atoms. The lowest BCUT2D eigenvalue weighted by Gasteiger charge is -2.28. The SMILES string of the molecule is CNC(=O)C(C(=NO)OCCSC)C(C)(C)C. The van der Waals surface area contributed by atoms with Gasteiger partial charge in [0.1, 0.15) is 5.92 Å². The van der Waals surface area contributed by atoms with Crippen LogP contribution in [0.25, 0.3) is 0 Å². The number of oxime groups is 1. The summed E-state index contributed by atoms with van der Waals surface area (Å²) in [4.78, 5) is 11.8. The van der Waals surface area contributed by atoms with Crippen molar-refractivity contribution in [2.45, 2.75) is 20.8 Å². The molecule has 0 bridgehead atoms. The number of nitrogens with zero attached hydrogens (tertiary/aromatic N) is 1. The Morgan fingerprint density at radius 2 is 2.12 bits per heavy atom. The van der Waals surface area contributed by atoms with Gasteiger partial charge in [0, 0.05) is 12.8 Å². The van der Waals surface area contributed by atoms with Crippen molar-refractivity contribution >= 4 is 23.6 Å². The predicted octanol–water partition coefficient (Wildman–Crippen LogP) is 1.56. The van der Waals surface area contributed by atoms with Crippen LogP contribution in [0.3, 0.4) is 0 Å². The molecule has 0 heterocycles. The molecule has 1 unspecified atom stereocenters. The molecule has 0 aromatic heterocycles. The summed E-state index contributed by atoms with van der Waals surface area (Å²) in [5.41, 5.74) is -0.374. The largest absolute Gasteiger partial charge is 0.477 e. The van der Waals surface area contributed by atoms with Crippen LogP contribution in [-0.4, -0.2) is 42.7 Å². The van der Waals surface area contributed by atoms with Gasteiger partial charge in [-0.05, 0) is 11.7 Å². The van der Waals surface area contributed by atoms with Gasteiger partial charge in [-0.15, -0.1) is 0 Å². The van der Waals surface area contributed by atoms with Gasteiger partial charge in [-0.1, -0.05) is 25.9 Å². The second kappa shape index (κ2) is 7.42. The quantitative estimate of drug-likeness (QED) is 0.259. The third-order valence-corrected chi connectivity index (χ3v) is 2.83. The van der Waals surface area contributed by atoms with E-state index in [-0.39, 0.29) is 17.2 Å². The second-order valence-corrected chi connectivity index (χ2v) is 5.68. The highest BCUT2D eigenvalue weighted by atomic mass is 32.2.